The molecular weight excluding hydrogens is 201 g/mol. The van der Waals surface area contributed by atoms with Crippen molar-refractivity contribution >= 4 is 0 Å². The van der Waals surface area contributed by atoms with E-state index < -0.39 is 0 Å². The Kier molecular flexibility index (Phi) is 5.47. The van der Waals surface area contributed by atoms with Gasteiger partial charge in [0.2, 0.25) is 0 Å². The van der Waals surface area contributed by atoms with Gasteiger partial charge in [0.05, 0.1) is 0 Å². The van der Waals surface area contributed by atoms with Gasteiger partial charge in [-0.15, -0.1) is 0 Å². The first-order valence-corrected chi connectivity index (χ1v) is 6.15. The Labute approximate surface area is 98.1 Å². The monoisotopic (exact) mass is 223 g/mol. The number of hydrogen-bond acceptors (Lipinski definition) is 1. The fourth-order valence-electron chi connectivity index (χ4n) is 2.14. The van der Waals surface area contributed by atoms with Gasteiger partial charge in [-0.3, -0.25) is 0 Å². The van der Waals surface area contributed by atoms with Crippen LogP contribution in [0.15, 0.2) is 24.3 Å². The van der Waals surface area contributed by atoms with Crippen LogP contribution in [0.1, 0.15) is 32.8 Å². The molecule has 0 saturated heterocycles. The summed E-state index contributed by atoms with van der Waals surface area (Å²) in [5.41, 5.74) is 1.21. The molecule has 0 aliphatic heterocycles. The Bertz CT molecular complexity index is 294. The van der Waals surface area contributed by atoms with Crippen molar-refractivity contribution in [3.05, 3.63) is 35.6 Å². The normalized spacial score (nSPS) is 14.8. The van der Waals surface area contributed by atoms with Crippen molar-refractivity contribution in [1.29, 1.82) is 0 Å². The molecule has 0 aliphatic carbocycles. The summed E-state index contributed by atoms with van der Waals surface area (Å²) in [5.74, 6) is 0.422. The lowest BCUT2D eigenvalue weighted by Crippen LogP contribution is -2.35. The minimum Gasteiger partial charge on any atom is -0.314 e. The summed E-state index contributed by atoms with van der Waals surface area (Å²) in [6.45, 7) is 7.59. The summed E-state index contributed by atoms with van der Waals surface area (Å²) in [6, 6.07) is 7.39. The quantitative estimate of drug-likeness (QED) is 0.779. The maximum absolute atomic E-state index is 12.8. The van der Waals surface area contributed by atoms with Gasteiger partial charge in [-0.05, 0) is 43.0 Å². The van der Waals surface area contributed by atoms with Gasteiger partial charge < -0.3 is 5.32 Å². The lowest BCUT2D eigenvalue weighted by Gasteiger charge is -2.23. The molecule has 0 saturated carbocycles. The predicted molar refractivity (Wildman–Crippen MR) is 67.0 cm³/mol. The standard InChI is InChI=1S/C14H22FN/c1-4-14(16-5-2)11(3)10-12-6-8-13(15)9-7-12/h6-9,11,14,16H,4-5,10H2,1-3H3. The first-order chi connectivity index (χ1) is 7.67. The summed E-state index contributed by atoms with van der Waals surface area (Å²) in [6.07, 6.45) is 2.14. The first-order valence-electron chi connectivity index (χ1n) is 6.15. The van der Waals surface area contributed by atoms with Crippen LogP contribution in [0.25, 0.3) is 0 Å². The Hall–Kier alpha value is -0.890. The maximum Gasteiger partial charge on any atom is 0.123 e. The van der Waals surface area contributed by atoms with Crippen molar-refractivity contribution in [3.8, 4) is 0 Å². The van der Waals surface area contributed by atoms with Gasteiger partial charge >= 0.3 is 0 Å². The molecule has 0 spiro atoms. The van der Waals surface area contributed by atoms with Crippen molar-refractivity contribution in [1.82, 2.24) is 5.32 Å². The van der Waals surface area contributed by atoms with E-state index >= 15 is 0 Å². The first kappa shape index (κ1) is 13.2. The largest absolute Gasteiger partial charge is 0.314 e. The van der Waals surface area contributed by atoms with E-state index in [1.54, 1.807) is 0 Å². The van der Waals surface area contributed by atoms with Crippen molar-refractivity contribution in [2.24, 2.45) is 5.92 Å². The number of nitrogens with one attached hydrogen (secondary N) is 1. The molecule has 16 heavy (non-hydrogen) atoms. The molecule has 1 N–H and O–H groups in total. The molecule has 2 heteroatoms. The molecule has 0 fully saturated rings. The van der Waals surface area contributed by atoms with E-state index in [4.69, 9.17) is 0 Å². The molecule has 0 amide bonds. The van der Waals surface area contributed by atoms with Gasteiger partial charge in [-0.2, -0.15) is 0 Å². The number of halogens is 1. The fraction of sp³-hybridized carbons (Fsp3) is 0.571. The lowest BCUT2D eigenvalue weighted by atomic mass is 9.92. The van der Waals surface area contributed by atoms with Crippen LogP contribution in [0.2, 0.25) is 0 Å². The minimum atomic E-state index is -0.157. The molecule has 0 aromatic heterocycles. The van der Waals surface area contributed by atoms with Gasteiger partial charge in [-0.25, -0.2) is 4.39 Å². The zero-order valence-electron chi connectivity index (χ0n) is 10.5. The van der Waals surface area contributed by atoms with Crippen molar-refractivity contribution in [2.45, 2.75) is 39.7 Å². The molecule has 0 radical (unpaired) electrons. The van der Waals surface area contributed by atoms with Crippen LogP contribution in [-0.4, -0.2) is 12.6 Å². The van der Waals surface area contributed by atoms with E-state index in [0.717, 1.165) is 19.4 Å². The highest BCUT2D eigenvalue weighted by Crippen LogP contribution is 2.14. The van der Waals surface area contributed by atoms with Crippen LogP contribution in [0.5, 0.6) is 0 Å². The molecule has 1 rings (SSSR count). The summed E-state index contributed by atoms with van der Waals surface area (Å²) in [5, 5.41) is 3.49. The van der Waals surface area contributed by atoms with Crippen LogP contribution < -0.4 is 5.32 Å². The molecule has 0 bridgehead atoms. The zero-order valence-corrected chi connectivity index (χ0v) is 10.5. The maximum atomic E-state index is 12.8. The Morgan fingerprint density at radius 3 is 2.31 bits per heavy atom. The number of hydrogen-bond donors (Lipinski definition) is 1. The van der Waals surface area contributed by atoms with E-state index in [2.05, 4.69) is 26.1 Å². The second kappa shape index (κ2) is 6.64. The molecule has 1 nitrogen and oxygen atoms in total. The Morgan fingerprint density at radius 2 is 1.81 bits per heavy atom. The second-order valence-electron chi connectivity index (χ2n) is 4.38. The van der Waals surface area contributed by atoms with Crippen molar-refractivity contribution < 1.29 is 4.39 Å². The average molecular weight is 223 g/mol. The zero-order chi connectivity index (χ0) is 12.0. The molecule has 0 aliphatic rings. The minimum absolute atomic E-state index is 0.157. The fourth-order valence-corrected chi connectivity index (χ4v) is 2.14. The highest BCUT2D eigenvalue weighted by molar-refractivity contribution is 5.16. The van der Waals surface area contributed by atoms with E-state index in [1.165, 1.54) is 17.7 Å². The smallest absolute Gasteiger partial charge is 0.123 e. The highest BCUT2D eigenvalue weighted by atomic mass is 19.1. The third-order valence-electron chi connectivity index (χ3n) is 3.06. The second-order valence-corrected chi connectivity index (χ2v) is 4.38. The van der Waals surface area contributed by atoms with Crippen molar-refractivity contribution in [3.63, 3.8) is 0 Å². The highest BCUT2D eigenvalue weighted by Gasteiger charge is 2.14. The third kappa shape index (κ3) is 3.93. The van der Waals surface area contributed by atoms with Gasteiger partial charge in [0.15, 0.2) is 0 Å². The SMILES string of the molecule is CCNC(CC)C(C)Cc1ccc(F)cc1. The van der Waals surface area contributed by atoms with Gasteiger partial charge in [0, 0.05) is 6.04 Å². The molecule has 1 aromatic rings. The van der Waals surface area contributed by atoms with Crippen LogP contribution >= 0.6 is 0 Å². The molecule has 1 aromatic carbocycles. The Morgan fingerprint density at radius 1 is 1.19 bits per heavy atom. The lowest BCUT2D eigenvalue weighted by molar-refractivity contribution is 0.371. The number of rotatable bonds is 6. The summed E-state index contributed by atoms with van der Waals surface area (Å²) < 4.78 is 12.8. The van der Waals surface area contributed by atoms with Crippen LogP contribution in [0.4, 0.5) is 4.39 Å². The van der Waals surface area contributed by atoms with Gasteiger partial charge in [0.1, 0.15) is 5.82 Å². The van der Waals surface area contributed by atoms with Crippen LogP contribution in [0, 0.1) is 11.7 Å². The van der Waals surface area contributed by atoms with Gasteiger partial charge in [0.25, 0.3) is 0 Å². The topological polar surface area (TPSA) is 12.0 Å². The van der Waals surface area contributed by atoms with E-state index in [0.29, 0.717) is 12.0 Å². The van der Waals surface area contributed by atoms with Crippen LogP contribution in [0.3, 0.4) is 0 Å². The predicted octanol–water partition coefficient (Wildman–Crippen LogP) is 3.39. The average Bonchev–Trinajstić information content (AvgIpc) is 2.29. The molecule has 0 heterocycles. The third-order valence-corrected chi connectivity index (χ3v) is 3.06. The van der Waals surface area contributed by atoms with Gasteiger partial charge in [-0.1, -0.05) is 32.9 Å². The molecular formula is C14H22FN. The van der Waals surface area contributed by atoms with E-state index in [-0.39, 0.29) is 5.82 Å². The Balaban J connectivity index is 2.55. The van der Waals surface area contributed by atoms with Crippen molar-refractivity contribution in [2.75, 3.05) is 6.54 Å². The van der Waals surface area contributed by atoms with E-state index in [1.807, 2.05) is 12.1 Å². The van der Waals surface area contributed by atoms with E-state index in [9.17, 15) is 4.39 Å². The molecule has 2 atom stereocenters. The van der Waals surface area contributed by atoms with Crippen LogP contribution in [-0.2, 0) is 6.42 Å². The number of benzene rings is 1. The summed E-state index contributed by atoms with van der Waals surface area (Å²) in [4.78, 5) is 0. The molecule has 2 unspecified atom stereocenters. The molecule has 90 valence electrons. The summed E-state index contributed by atoms with van der Waals surface area (Å²) >= 11 is 0. The summed E-state index contributed by atoms with van der Waals surface area (Å²) in [7, 11) is 0.